The van der Waals surface area contributed by atoms with Crippen molar-refractivity contribution in [1.82, 2.24) is 19.3 Å². The Balaban J connectivity index is 1.33. The Labute approximate surface area is 165 Å². The van der Waals surface area contributed by atoms with Crippen LogP contribution in [0.4, 0.5) is 0 Å². The molecule has 0 saturated carbocycles. The molecule has 2 saturated heterocycles. The summed E-state index contributed by atoms with van der Waals surface area (Å²) in [6, 6.07) is 7.98. The van der Waals surface area contributed by atoms with Crippen LogP contribution in [0.2, 0.25) is 0 Å². The Hall–Kier alpha value is -1.81. The van der Waals surface area contributed by atoms with Crippen molar-refractivity contribution >= 4 is 10.0 Å². The molecule has 0 N–H and O–H groups in total. The molecule has 0 amide bonds. The molecule has 152 valence electrons. The highest BCUT2D eigenvalue weighted by molar-refractivity contribution is 7.89. The summed E-state index contributed by atoms with van der Waals surface area (Å²) in [5.41, 5.74) is 2.10. The first-order valence-corrected chi connectivity index (χ1v) is 11.2. The van der Waals surface area contributed by atoms with Gasteiger partial charge in [0.1, 0.15) is 0 Å². The van der Waals surface area contributed by atoms with Gasteiger partial charge < -0.3 is 9.26 Å². The molecular weight excluding hydrogens is 380 g/mol. The van der Waals surface area contributed by atoms with Gasteiger partial charge in [0, 0.05) is 38.3 Å². The minimum absolute atomic E-state index is 0.312. The van der Waals surface area contributed by atoms with Gasteiger partial charge in [0.05, 0.1) is 18.4 Å². The van der Waals surface area contributed by atoms with E-state index in [1.54, 1.807) is 4.31 Å². The number of aromatic nitrogens is 2. The van der Waals surface area contributed by atoms with Crippen LogP contribution < -0.4 is 0 Å². The van der Waals surface area contributed by atoms with Gasteiger partial charge in [-0.05, 0) is 19.8 Å². The van der Waals surface area contributed by atoms with Gasteiger partial charge in [0.15, 0.2) is 0 Å². The smallest absolute Gasteiger partial charge is 0.241 e. The summed E-state index contributed by atoms with van der Waals surface area (Å²) >= 11 is 0. The molecule has 0 aliphatic carbocycles. The summed E-state index contributed by atoms with van der Waals surface area (Å²) in [7, 11) is -3.29. The largest absolute Gasteiger partial charge is 0.380 e. The lowest BCUT2D eigenvalue weighted by Gasteiger charge is -2.36. The SMILES string of the molecule is Cc1ccc(-c2noc(CN3CCN(S(=O)(=O)[C@H]4CCCOC4)CC3)n2)cc1. The topological polar surface area (TPSA) is 88.8 Å². The van der Waals surface area contributed by atoms with Gasteiger partial charge in [-0.2, -0.15) is 9.29 Å². The molecule has 2 aliphatic rings. The zero-order chi connectivity index (χ0) is 19.6. The molecule has 2 aliphatic heterocycles. The monoisotopic (exact) mass is 406 g/mol. The van der Waals surface area contributed by atoms with Crippen LogP contribution in [0.15, 0.2) is 28.8 Å². The molecule has 0 radical (unpaired) electrons. The number of hydrogen-bond acceptors (Lipinski definition) is 7. The van der Waals surface area contributed by atoms with Gasteiger partial charge in [-0.1, -0.05) is 35.0 Å². The van der Waals surface area contributed by atoms with E-state index < -0.39 is 15.3 Å². The van der Waals surface area contributed by atoms with E-state index >= 15 is 0 Å². The zero-order valence-electron chi connectivity index (χ0n) is 16.1. The maximum absolute atomic E-state index is 12.8. The fraction of sp³-hybridized carbons (Fsp3) is 0.579. The number of rotatable bonds is 5. The molecule has 1 aromatic heterocycles. The molecule has 3 heterocycles. The second-order valence-corrected chi connectivity index (χ2v) is 9.65. The Kier molecular flexibility index (Phi) is 5.77. The third-order valence-corrected chi connectivity index (χ3v) is 7.67. The molecule has 2 aromatic rings. The number of nitrogens with zero attached hydrogens (tertiary/aromatic N) is 4. The first kappa shape index (κ1) is 19.5. The highest BCUT2D eigenvalue weighted by atomic mass is 32.2. The van der Waals surface area contributed by atoms with E-state index in [9.17, 15) is 8.42 Å². The van der Waals surface area contributed by atoms with Crippen LogP contribution in [-0.2, 0) is 21.3 Å². The maximum atomic E-state index is 12.8. The average Bonchev–Trinajstić information content (AvgIpc) is 3.18. The summed E-state index contributed by atoms with van der Waals surface area (Å²) in [6.07, 6.45) is 1.50. The van der Waals surface area contributed by atoms with Gasteiger partial charge in [-0.3, -0.25) is 4.90 Å². The Morgan fingerprint density at radius 2 is 1.89 bits per heavy atom. The summed E-state index contributed by atoms with van der Waals surface area (Å²) in [5.74, 6) is 1.13. The van der Waals surface area contributed by atoms with Gasteiger partial charge in [0.2, 0.25) is 21.7 Å². The molecule has 8 nitrogen and oxygen atoms in total. The van der Waals surface area contributed by atoms with Crippen molar-refractivity contribution < 1.29 is 17.7 Å². The third kappa shape index (κ3) is 4.27. The van der Waals surface area contributed by atoms with Crippen molar-refractivity contribution in [2.24, 2.45) is 0 Å². The van der Waals surface area contributed by atoms with Gasteiger partial charge in [0.25, 0.3) is 0 Å². The minimum atomic E-state index is -3.29. The molecule has 9 heteroatoms. The first-order chi connectivity index (χ1) is 13.5. The van der Waals surface area contributed by atoms with E-state index in [0.29, 0.717) is 64.1 Å². The number of ether oxygens (including phenoxy) is 1. The summed E-state index contributed by atoms with van der Waals surface area (Å²) < 4.78 is 37.9. The van der Waals surface area contributed by atoms with Crippen LogP contribution in [0.25, 0.3) is 11.4 Å². The molecule has 0 unspecified atom stereocenters. The normalized spacial score (nSPS) is 22.4. The molecule has 1 atom stereocenters. The Morgan fingerprint density at radius 3 is 2.57 bits per heavy atom. The van der Waals surface area contributed by atoms with E-state index in [2.05, 4.69) is 15.0 Å². The summed E-state index contributed by atoms with van der Waals surface area (Å²) in [5, 5.41) is 3.66. The van der Waals surface area contributed by atoms with Crippen LogP contribution in [0.1, 0.15) is 24.3 Å². The fourth-order valence-electron chi connectivity index (χ4n) is 3.63. The zero-order valence-corrected chi connectivity index (χ0v) is 16.9. The van der Waals surface area contributed by atoms with E-state index in [0.717, 1.165) is 12.0 Å². The summed E-state index contributed by atoms with van der Waals surface area (Å²) in [4.78, 5) is 6.63. The fourth-order valence-corrected chi connectivity index (χ4v) is 5.46. The van der Waals surface area contributed by atoms with Gasteiger partial charge >= 0.3 is 0 Å². The predicted octanol–water partition coefficient (Wildman–Crippen LogP) is 1.67. The van der Waals surface area contributed by atoms with Crippen LogP contribution in [0.3, 0.4) is 0 Å². The van der Waals surface area contributed by atoms with Crippen molar-refractivity contribution in [3.63, 3.8) is 0 Å². The lowest BCUT2D eigenvalue weighted by Crippen LogP contribution is -2.52. The number of aryl methyl sites for hydroxylation is 1. The minimum Gasteiger partial charge on any atom is -0.380 e. The molecular formula is C19H26N4O4S. The standard InChI is InChI=1S/C19H26N4O4S/c1-15-4-6-16(7-5-15)19-20-18(27-21-19)13-22-8-10-23(11-9-22)28(24,25)17-3-2-12-26-14-17/h4-7,17H,2-3,8-14H2,1H3/t17-/m0/s1. The van der Waals surface area contributed by atoms with E-state index in [-0.39, 0.29) is 0 Å². The highest BCUT2D eigenvalue weighted by Crippen LogP contribution is 2.21. The molecule has 1 aromatic carbocycles. The number of piperazine rings is 1. The molecule has 0 spiro atoms. The van der Waals surface area contributed by atoms with Crippen LogP contribution in [0.5, 0.6) is 0 Å². The average molecular weight is 407 g/mol. The van der Waals surface area contributed by atoms with Crippen LogP contribution in [-0.4, -0.2) is 72.4 Å². The first-order valence-electron chi connectivity index (χ1n) is 9.71. The van der Waals surface area contributed by atoms with Crippen molar-refractivity contribution in [2.45, 2.75) is 31.6 Å². The van der Waals surface area contributed by atoms with Crippen LogP contribution in [0, 0.1) is 6.92 Å². The van der Waals surface area contributed by atoms with Gasteiger partial charge in [-0.25, -0.2) is 8.42 Å². The summed E-state index contributed by atoms with van der Waals surface area (Å²) in [6.45, 7) is 5.80. The van der Waals surface area contributed by atoms with E-state index in [1.165, 1.54) is 5.56 Å². The maximum Gasteiger partial charge on any atom is 0.241 e. The number of hydrogen-bond donors (Lipinski definition) is 0. The Morgan fingerprint density at radius 1 is 1.14 bits per heavy atom. The van der Waals surface area contributed by atoms with Crippen molar-refractivity contribution in [3.05, 3.63) is 35.7 Å². The molecule has 2 fully saturated rings. The Bertz CT molecular complexity index is 883. The quantitative estimate of drug-likeness (QED) is 0.746. The predicted molar refractivity (Wildman–Crippen MR) is 104 cm³/mol. The molecule has 28 heavy (non-hydrogen) atoms. The molecule has 4 rings (SSSR count). The number of sulfonamides is 1. The van der Waals surface area contributed by atoms with Crippen LogP contribution >= 0.6 is 0 Å². The molecule has 0 bridgehead atoms. The van der Waals surface area contributed by atoms with Crippen molar-refractivity contribution in [2.75, 3.05) is 39.4 Å². The third-order valence-electron chi connectivity index (χ3n) is 5.37. The second kappa shape index (κ2) is 8.28. The second-order valence-electron chi connectivity index (χ2n) is 7.44. The highest BCUT2D eigenvalue weighted by Gasteiger charge is 2.35. The van der Waals surface area contributed by atoms with E-state index in [4.69, 9.17) is 9.26 Å². The lowest BCUT2D eigenvalue weighted by atomic mass is 10.1. The van der Waals surface area contributed by atoms with Crippen molar-refractivity contribution in [1.29, 1.82) is 0 Å². The lowest BCUT2D eigenvalue weighted by molar-refractivity contribution is 0.0957. The number of benzene rings is 1. The van der Waals surface area contributed by atoms with Gasteiger partial charge in [-0.15, -0.1) is 0 Å². The van der Waals surface area contributed by atoms with Crippen molar-refractivity contribution in [3.8, 4) is 11.4 Å². The van der Waals surface area contributed by atoms with E-state index in [1.807, 2.05) is 31.2 Å².